The van der Waals surface area contributed by atoms with E-state index in [1.807, 2.05) is 45.0 Å². The van der Waals surface area contributed by atoms with E-state index in [-0.39, 0.29) is 0 Å². The molecule has 7 nitrogen and oxygen atoms in total. The highest BCUT2D eigenvalue weighted by molar-refractivity contribution is 6.25. The molecule has 1 aromatic heterocycles. The molecule has 0 spiro atoms. The molecule has 0 radical (unpaired) electrons. The van der Waals surface area contributed by atoms with Crippen LogP contribution in [0.4, 0.5) is 10.5 Å². The van der Waals surface area contributed by atoms with Crippen LogP contribution in [-0.4, -0.2) is 27.9 Å². The molecule has 1 heterocycles. The van der Waals surface area contributed by atoms with E-state index >= 15 is 0 Å². The second-order valence-electron chi connectivity index (χ2n) is 7.37. The van der Waals surface area contributed by atoms with E-state index in [0.717, 1.165) is 10.8 Å². The van der Waals surface area contributed by atoms with Crippen molar-refractivity contribution in [2.45, 2.75) is 31.7 Å². The van der Waals surface area contributed by atoms with Crippen molar-refractivity contribution in [3.05, 3.63) is 36.7 Å². The molecule has 1 N–H and O–H groups in total. The molecule has 1 saturated carbocycles. The van der Waals surface area contributed by atoms with E-state index in [1.54, 1.807) is 18.5 Å². The van der Waals surface area contributed by atoms with Gasteiger partial charge in [-0.15, -0.1) is 11.6 Å². The molecule has 27 heavy (non-hydrogen) atoms. The number of pyridine rings is 1. The summed E-state index contributed by atoms with van der Waals surface area (Å²) >= 11 is 5.88. The summed E-state index contributed by atoms with van der Waals surface area (Å²) < 4.78 is 0. The highest BCUT2D eigenvalue weighted by atomic mass is 35.5. The minimum absolute atomic E-state index is 0.554. The molecule has 140 valence electrons. The molecule has 3 rings (SSSR count). The Morgan fingerprint density at radius 1 is 1.30 bits per heavy atom. The van der Waals surface area contributed by atoms with Gasteiger partial charge in [0.15, 0.2) is 0 Å². The second kappa shape index (κ2) is 7.05. The quantitative estimate of drug-likeness (QED) is 0.630. The average molecular weight is 387 g/mol. The van der Waals surface area contributed by atoms with Crippen LogP contribution < -0.4 is 10.4 Å². The van der Waals surface area contributed by atoms with E-state index in [9.17, 15) is 9.59 Å². The van der Waals surface area contributed by atoms with Gasteiger partial charge < -0.3 is 4.84 Å². The number of benzene rings is 1. The van der Waals surface area contributed by atoms with Gasteiger partial charge in [-0.2, -0.15) is 10.7 Å². The molecule has 2 amide bonds. The normalized spacial score (nSPS) is 21.2. The van der Waals surface area contributed by atoms with Crippen LogP contribution in [-0.2, 0) is 9.63 Å². The zero-order valence-electron chi connectivity index (χ0n) is 15.1. The van der Waals surface area contributed by atoms with Crippen LogP contribution in [0.15, 0.2) is 36.7 Å². The first kappa shape index (κ1) is 18.9. The number of rotatable bonds is 2. The Kier molecular flexibility index (Phi) is 4.94. The summed E-state index contributed by atoms with van der Waals surface area (Å²) in [4.78, 5) is 35.2. The molecule has 8 heteroatoms. The zero-order chi connectivity index (χ0) is 19.8. The van der Waals surface area contributed by atoms with E-state index < -0.39 is 34.8 Å². The topological polar surface area (TPSA) is 95.3 Å². The lowest BCUT2D eigenvalue weighted by atomic mass is 10.0. The predicted octanol–water partition coefficient (Wildman–Crippen LogP) is 3.38. The van der Waals surface area contributed by atoms with E-state index in [4.69, 9.17) is 21.7 Å². The summed E-state index contributed by atoms with van der Waals surface area (Å²) in [5.74, 6) is -1.80. The first-order valence-corrected chi connectivity index (χ1v) is 8.86. The summed E-state index contributed by atoms with van der Waals surface area (Å²) in [7, 11) is 0. The van der Waals surface area contributed by atoms with Gasteiger partial charge in [0.1, 0.15) is 0 Å². The fraction of sp³-hybridized carbons (Fsp3) is 0.368. The van der Waals surface area contributed by atoms with Gasteiger partial charge in [0.2, 0.25) is 0 Å². The Labute approximate surface area is 161 Å². The number of amides is 2. The zero-order valence-corrected chi connectivity index (χ0v) is 15.9. The van der Waals surface area contributed by atoms with E-state index in [0.29, 0.717) is 5.69 Å². The van der Waals surface area contributed by atoms with Crippen LogP contribution in [0.5, 0.6) is 0 Å². The number of carbonyl (C=O) groups excluding carboxylic acids is 2. The van der Waals surface area contributed by atoms with Gasteiger partial charge in [0, 0.05) is 29.0 Å². The van der Waals surface area contributed by atoms with E-state index in [1.165, 1.54) is 4.90 Å². The first-order valence-electron chi connectivity index (χ1n) is 8.42. The monoisotopic (exact) mass is 386 g/mol. The van der Waals surface area contributed by atoms with Crippen molar-refractivity contribution in [1.29, 1.82) is 5.26 Å². The van der Waals surface area contributed by atoms with Crippen molar-refractivity contribution < 1.29 is 14.4 Å². The van der Waals surface area contributed by atoms with Gasteiger partial charge in [-0.3, -0.25) is 14.7 Å². The van der Waals surface area contributed by atoms with Crippen molar-refractivity contribution in [2.75, 3.05) is 4.90 Å². The maximum absolute atomic E-state index is 12.7. The average Bonchev–Trinajstić information content (AvgIpc) is 3.28. The summed E-state index contributed by atoms with van der Waals surface area (Å²) in [5, 5.41) is 10.2. The first-order chi connectivity index (χ1) is 12.7. The minimum Gasteiger partial charge on any atom is -0.321 e. The predicted molar refractivity (Wildman–Crippen MR) is 101 cm³/mol. The number of alkyl halides is 1. The van der Waals surface area contributed by atoms with E-state index in [2.05, 4.69) is 10.5 Å². The van der Waals surface area contributed by atoms with Crippen molar-refractivity contribution in [3.8, 4) is 6.07 Å². The SMILES string of the molecule is CC(C)(C)N(C(=O)ONC(=O)C1C(Cl)C1C#N)c1ccc2cnccc2c1. The van der Waals surface area contributed by atoms with Gasteiger partial charge in [0.05, 0.1) is 23.3 Å². The molecular formula is C19H19ClN4O3. The van der Waals surface area contributed by atoms with Gasteiger partial charge >= 0.3 is 6.09 Å². The molecule has 3 unspecified atom stereocenters. The molecule has 1 fully saturated rings. The van der Waals surface area contributed by atoms with Crippen molar-refractivity contribution in [2.24, 2.45) is 11.8 Å². The molecule has 0 bridgehead atoms. The third-order valence-corrected chi connectivity index (χ3v) is 4.90. The Hall–Kier alpha value is -2.85. The lowest BCUT2D eigenvalue weighted by molar-refractivity contribution is -0.130. The number of hydrogen-bond acceptors (Lipinski definition) is 5. The fourth-order valence-corrected chi connectivity index (χ4v) is 3.32. The van der Waals surface area contributed by atoms with Crippen LogP contribution in [0.1, 0.15) is 20.8 Å². The van der Waals surface area contributed by atoms with Crippen molar-refractivity contribution in [3.63, 3.8) is 0 Å². The lowest BCUT2D eigenvalue weighted by Crippen LogP contribution is -2.48. The molecular weight excluding hydrogens is 368 g/mol. The number of fused-ring (bicyclic) bond motifs is 1. The maximum Gasteiger partial charge on any atom is 0.439 e. The number of anilines is 1. The smallest absolute Gasteiger partial charge is 0.321 e. The Morgan fingerprint density at radius 3 is 2.67 bits per heavy atom. The summed E-state index contributed by atoms with van der Waals surface area (Å²) in [6, 6.07) is 9.31. The Balaban J connectivity index is 1.77. The number of nitriles is 1. The number of aromatic nitrogens is 1. The Bertz CT molecular complexity index is 934. The second-order valence-corrected chi connectivity index (χ2v) is 7.88. The van der Waals surface area contributed by atoms with Gasteiger partial charge in [0.25, 0.3) is 5.91 Å². The summed E-state index contributed by atoms with van der Waals surface area (Å²) in [6.07, 6.45) is 2.68. The number of halogens is 1. The maximum atomic E-state index is 12.7. The van der Waals surface area contributed by atoms with Gasteiger partial charge in [-0.05, 0) is 44.4 Å². The lowest BCUT2D eigenvalue weighted by Gasteiger charge is -2.34. The van der Waals surface area contributed by atoms with Gasteiger partial charge in [-0.25, -0.2) is 4.79 Å². The Morgan fingerprint density at radius 2 is 2.04 bits per heavy atom. The van der Waals surface area contributed by atoms with Crippen LogP contribution >= 0.6 is 11.6 Å². The molecule has 2 aromatic rings. The van der Waals surface area contributed by atoms with Crippen molar-refractivity contribution >= 4 is 40.1 Å². The van der Waals surface area contributed by atoms with Crippen LogP contribution in [0.25, 0.3) is 10.8 Å². The third-order valence-electron chi connectivity index (χ3n) is 4.36. The van der Waals surface area contributed by atoms with Crippen molar-refractivity contribution in [1.82, 2.24) is 10.5 Å². The number of nitrogens with zero attached hydrogens (tertiary/aromatic N) is 3. The molecule has 1 aliphatic carbocycles. The molecule has 1 aliphatic rings. The number of hydroxylamine groups is 1. The van der Waals surface area contributed by atoms with Crippen LogP contribution in [0.3, 0.4) is 0 Å². The summed E-state index contributed by atoms with van der Waals surface area (Å²) in [5.41, 5.74) is 2.14. The highest BCUT2D eigenvalue weighted by Gasteiger charge is 2.55. The molecule has 0 saturated heterocycles. The number of carbonyl (C=O) groups is 2. The highest BCUT2D eigenvalue weighted by Crippen LogP contribution is 2.43. The molecule has 3 atom stereocenters. The minimum atomic E-state index is -0.732. The molecule has 0 aliphatic heterocycles. The third kappa shape index (κ3) is 3.81. The van der Waals surface area contributed by atoms with Crippen LogP contribution in [0, 0.1) is 23.2 Å². The summed E-state index contributed by atoms with van der Waals surface area (Å²) in [6.45, 7) is 5.57. The number of nitrogens with one attached hydrogen (secondary N) is 1. The molecule has 1 aromatic carbocycles. The number of hydrogen-bond donors (Lipinski definition) is 1. The standard InChI is InChI=1S/C19H19ClN4O3/c1-19(2,3)24(13-5-4-12-10-22-7-6-11(12)8-13)18(26)27-23-17(25)15-14(9-21)16(15)20/h4-8,10,14-16H,1-3H3,(H,23,25). The largest absolute Gasteiger partial charge is 0.439 e. The van der Waals surface area contributed by atoms with Gasteiger partial charge in [-0.1, -0.05) is 6.07 Å². The fourth-order valence-electron chi connectivity index (χ4n) is 2.92. The van der Waals surface area contributed by atoms with Crippen LogP contribution in [0.2, 0.25) is 0 Å².